The first-order valence-electron chi connectivity index (χ1n) is 12.0. The Morgan fingerprint density at radius 3 is 1.08 bits per heavy atom. The van der Waals surface area contributed by atoms with Crippen LogP contribution >= 0.6 is 43.1 Å². The summed E-state index contributed by atoms with van der Waals surface area (Å²) in [6.07, 6.45) is 0. The van der Waals surface area contributed by atoms with E-state index in [1.807, 2.05) is 12.1 Å². The molecule has 5 aromatic carbocycles. The van der Waals surface area contributed by atoms with Crippen LogP contribution in [0.2, 0.25) is 0 Å². The van der Waals surface area contributed by atoms with Gasteiger partial charge in [-0.1, -0.05) is 97.1 Å². The molecule has 2 nitrogen and oxygen atoms in total. The fraction of sp³-hybridized carbons (Fsp3) is 0. The standard InChI is InChI=1S/C32H22N2S2.2ClH.Ni/c1-3-9-23(10-4-1)25-15-19-27(20-16-25)33-31-32(36-30-14-8-7-13-29(30)35-31)34-28-21-17-26(18-22-28)24-11-5-2-6-12-24;;;/h1-22H;2*1H;/q;;;+2/p-2. The number of rotatable bonds is 4. The Hall–Kier alpha value is -3.05. The third-order valence-corrected chi connectivity index (χ3v) is 8.22. The fourth-order valence-electron chi connectivity index (χ4n) is 4.01. The Balaban J connectivity index is 0.000000983. The van der Waals surface area contributed by atoms with Crippen LogP contribution in [0, 0.1) is 0 Å². The van der Waals surface area contributed by atoms with Crippen molar-refractivity contribution in [1.82, 2.24) is 0 Å². The monoisotopic (exact) mass is 626 g/mol. The average Bonchev–Trinajstić information content (AvgIpc) is 2.99. The van der Waals surface area contributed by atoms with E-state index in [4.69, 9.17) is 30.4 Å². The molecule has 196 valence electrons. The summed E-state index contributed by atoms with van der Waals surface area (Å²) >= 11 is 3.93. The molecule has 0 aliphatic rings. The van der Waals surface area contributed by atoms with E-state index in [-0.39, 0.29) is 0 Å². The van der Waals surface area contributed by atoms with Gasteiger partial charge in [0.2, 0.25) is 0 Å². The Morgan fingerprint density at radius 2 is 0.718 bits per heavy atom. The predicted octanol–water partition coefficient (Wildman–Crippen LogP) is 10.1. The summed E-state index contributed by atoms with van der Waals surface area (Å²) in [5, 5.41) is 0. The van der Waals surface area contributed by atoms with Crippen LogP contribution in [0.5, 0.6) is 0 Å². The molecule has 0 bridgehead atoms. The van der Waals surface area contributed by atoms with Crippen LogP contribution < -0.4 is 9.34 Å². The van der Waals surface area contributed by atoms with Crippen molar-refractivity contribution in [2.75, 3.05) is 0 Å². The normalized spacial score (nSPS) is 11.8. The number of benzene rings is 5. The number of hydrogen-bond acceptors (Lipinski definition) is 4. The summed E-state index contributed by atoms with van der Waals surface area (Å²) in [4.78, 5) is 10.0. The summed E-state index contributed by atoms with van der Waals surface area (Å²) in [7, 11) is 9.40. The number of nitrogens with zero attached hydrogens (tertiary/aromatic N) is 2. The molecule has 0 fully saturated rings. The zero-order chi connectivity index (χ0) is 26.9. The van der Waals surface area contributed by atoms with Gasteiger partial charge in [0.15, 0.2) is 9.34 Å². The maximum atomic E-state index is 5.02. The van der Waals surface area contributed by atoms with Crippen molar-refractivity contribution in [3.63, 3.8) is 0 Å². The van der Waals surface area contributed by atoms with Crippen LogP contribution in [0.15, 0.2) is 143 Å². The van der Waals surface area contributed by atoms with Crippen molar-refractivity contribution in [1.29, 1.82) is 0 Å². The molecule has 0 saturated heterocycles. The molecular formula is C32H22Cl2N2NiS2. The van der Waals surface area contributed by atoms with Crippen molar-refractivity contribution in [2.45, 2.75) is 0 Å². The average molecular weight is 628 g/mol. The van der Waals surface area contributed by atoms with Gasteiger partial charge in [0.05, 0.1) is 11.4 Å². The molecule has 7 heteroatoms. The molecule has 0 radical (unpaired) electrons. The molecule has 6 aromatic rings. The summed E-state index contributed by atoms with van der Waals surface area (Å²) in [5.74, 6) is 0. The molecule has 0 aliphatic heterocycles. The number of hydrogen-bond donors (Lipinski definition) is 0. The van der Waals surface area contributed by atoms with Crippen LogP contribution in [-0.4, -0.2) is 0 Å². The minimum Gasteiger partial charge on any atom is -0.235 e. The number of halogens is 2. The first kappa shape index (κ1) is 27.5. The molecule has 1 heterocycles. The van der Waals surface area contributed by atoms with E-state index in [9.17, 15) is 0 Å². The van der Waals surface area contributed by atoms with Gasteiger partial charge in [0.25, 0.3) is 0 Å². The molecule has 0 atom stereocenters. The summed E-state index contributed by atoms with van der Waals surface area (Å²) in [6, 6.07) is 46.1. The Bertz CT molecular complexity index is 1650. The third-order valence-electron chi connectivity index (χ3n) is 5.86. The molecular weight excluding hydrogens is 606 g/mol. The maximum absolute atomic E-state index is 5.02. The third kappa shape index (κ3) is 7.33. The zero-order valence-electron chi connectivity index (χ0n) is 20.5. The van der Waals surface area contributed by atoms with Crippen LogP contribution in [0.25, 0.3) is 31.7 Å². The van der Waals surface area contributed by atoms with Gasteiger partial charge < -0.3 is 0 Å². The molecule has 6 rings (SSSR count). The topological polar surface area (TPSA) is 24.7 Å². The van der Waals surface area contributed by atoms with Crippen molar-refractivity contribution >= 4 is 63.8 Å². The maximum Gasteiger partial charge on any atom is 0.153 e. The van der Waals surface area contributed by atoms with Crippen LogP contribution in [-0.2, 0) is 12.7 Å². The quantitative estimate of drug-likeness (QED) is 0.174. The zero-order valence-corrected chi connectivity index (χ0v) is 24.6. The van der Waals surface area contributed by atoms with Crippen molar-refractivity contribution in [3.8, 4) is 22.3 Å². The Labute approximate surface area is 250 Å². The Kier molecular flexibility index (Phi) is 9.77. The van der Waals surface area contributed by atoms with Crippen LogP contribution in [0.3, 0.4) is 0 Å². The molecule has 39 heavy (non-hydrogen) atoms. The smallest absolute Gasteiger partial charge is 0.153 e. The van der Waals surface area contributed by atoms with E-state index < -0.39 is 0 Å². The van der Waals surface area contributed by atoms with Gasteiger partial charge in [-0.2, -0.15) is 0 Å². The second-order valence-corrected chi connectivity index (χ2v) is 12.0. The van der Waals surface area contributed by atoms with Crippen LogP contribution in [0.4, 0.5) is 11.4 Å². The van der Waals surface area contributed by atoms with E-state index >= 15 is 0 Å². The first-order chi connectivity index (χ1) is 19.2. The molecule has 1 aromatic heterocycles. The van der Waals surface area contributed by atoms with E-state index in [0.29, 0.717) is 12.7 Å². The second kappa shape index (κ2) is 13.8. The van der Waals surface area contributed by atoms with Crippen LogP contribution in [0.1, 0.15) is 0 Å². The summed E-state index contributed by atoms with van der Waals surface area (Å²) < 4.78 is 4.25. The van der Waals surface area contributed by atoms with Gasteiger partial charge >= 0.3 is 33.0 Å². The molecule has 0 amide bonds. The molecule has 0 spiro atoms. The molecule has 0 aliphatic carbocycles. The van der Waals surface area contributed by atoms with E-state index in [2.05, 4.69) is 121 Å². The molecule has 0 N–H and O–H groups in total. The van der Waals surface area contributed by atoms with Crippen molar-refractivity contribution in [2.24, 2.45) is 9.98 Å². The van der Waals surface area contributed by atoms with Gasteiger partial charge in [0, 0.05) is 9.40 Å². The van der Waals surface area contributed by atoms with Crippen molar-refractivity contribution < 1.29 is 12.7 Å². The summed E-state index contributed by atoms with van der Waals surface area (Å²) in [6.45, 7) is 0. The van der Waals surface area contributed by atoms with Crippen molar-refractivity contribution in [3.05, 3.63) is 143 Å². The summed E-state index contributed by atoms with van der Waals surface area (Å²) in [5.41, 5.74) is 6.61. The minimum absolute atomic E-state index is 0.569. The van der Waals surface area contributed by atoms with Gasteiger partial charge in [-0.3, -0.25) is 0 Å². The van der Waals surface area contributed by atoms with E-state index in [1.165, 1.54) is 31.7 Å². The second-order valence-electron chi connectivity index (χ2n) is 8.36. The van der Waals surface area contributed by atoms with E-state index in [1.54, 1.807) is 22.7 Å². The largest absolute Gasteiger partial charge is 0.235 e. The number of fused-ring (bicyclic) bond motifs is 1. The SMILES string of the molecule is [Cl][Ni][Cl].c1ccc(-c2ccc(N=c3sc4ccccc4sc3=Nc3ccc(-c4ccccc4)cc3)cc2)cc1. The molecule has 0 unspecified atom stereocenters. The van der Waals surface area contributed by atoms with E-state index in [0.717, 1.165) is 20.7 Å². The molecule has 0 saturated carbocycles. The first-order valence-corrected chi connectivity index (χ1v) is 16.3. The Morgan fingerprint density at radius 1 is 0.410 bits per heavy atom. The van der Waals surface area contributed by atoms with Gasteiger partial charge in [0.1, 0.15) is 0 Å². The van der Waals surface area contributed by atoms with Gasteiger partial charge in [-0.15, -0.1) is 22.7 Å². The van der Waals surface area contributed by atoms with Gasteiger partial charge in [-0.05, 0) is 58.7 Å². The minimum atomic E-state index is 0.569. The predicted molar refractivity (Wildman–Crippen MR) is 166 cm³/mol. The van der Waals surface area contributed by atoms with Gasteiger partial charge in [-0.25, -0.2) is 9.98 Å². The fourth-order valence-corrected chi connectivity index (χ4v) is 6.12.